The van der Waals surface area contributed by atoms with E-state index < -0.39 is 0 Å². The van der Waals surface area contributed by atoms with Crippen LogP contribution in [0, 0.1) is 5.92 Å². The Bertz CT molecular complexity index is 391. The molecule has 0 spiro atoms. The Morgan fingerprint density at radius 3 is 2.53 bits per heavy atom. The average molecular weight is 305 g/mol. The van der Waals surface area contributed by atoms with Crippen LogP contribution in [-0.4, -0.2) is 36.9 Å². The first-order valence-electron chi connectivity index (χ1n) is 6.35. The van der Waals surface area contributed by atoms with Gasteiger partial charge in [-0.1, -0.05) is 23.2 Å². The summed E-state index contributed by atoms with van der Waals surface area (Å²) in [5.41, 5.74) is 0.854. The predicted octanol–water partition coefficient (Wildman–Crippen LogP) is 3.18. The van der Waals surface area contributed by atoms with E-state index in [1.54, 1.807) is 19.5 Å². The van der Waals surface area contributed by atoms with E-state index in [2.05, 4.69) is 4.98 Å². The molecule has 1 aromatic heterocycles. The Morgan fingerprint density at radius 1 is 1.32 bits per heavy atom. The Morgan fingerprint density at radius 2 is 1.95 bits per heavy atom. The Labute approximate surface area is 123 Å². The molecule has 0 aliphatic carbocycles. The van der Waals surface area contributed by atoms with Gasteiger partial charge in [0.1, 0.15) is 0 Å². The van der Waals surface area contributed by atoms with E-state index in [4.69, 9.17) is 32.8 Å². The van der Waals surface area contributed by atoms with Crippen molar-refractivity contribution in [2.75, 3.05) is 26.9 Å². The monoisotopic (exact) mass is 304 g/mol. The van der Waals surface area contributed by atoms with E-state index in [9.17, 15) is 0 Å². The van der Waals surface area contributed by atoms with Gasteiger partial charge in [-0.3, -0.25) is 4.98 Å². The summed E-state index contributed by atoms with van der Waals surface area (Å²) in [5, 5.41) is 3.03. The van der Waals surface area contributed by atoms with Crippen LogP contribution in [0.25, 0.3) is 0 Å². The molecule has 2 heterocycles. The molecule has 0 radical (unpaired) electrons. The summed E-state index contributed by atoms with van der Waals surface area (Å²) < 4.78 is 5.36. The zero-order valence-corrected chi connectivity index (χ0v) is 12.5. The van der Waals surface area contributed by atoms with Gasteiger partial charge in [-0.15, -0.1) is 0 Å². The van der Waals surface area contributed by atoms with Crippen molar-refractivity contribution in [3.05, 3.63) is 28.0 Å². The van der Waals surface area contributed by atoms with Gasteiger partial charge in [0.05, 0.1) is 23.7 Å². The molecule has 2 rings (SSSR count). The molecular weight excluding hydrogens is 287 g/mol. The van der Waals surface area contributed by atoms with Gasteiger partial charge in [-0.25, -0.2) is 0 Å². The van der Waals surface area contributed by atoms with Crippen LogP contribution in [-0.2, 0) is 16.1 Å². The zero-order chi connectivity index (χ0) is 13.7. The highest BCUT2D eigenvalue weighted by Gasteiger charge is 2.19. The number of nitrogens with zero attached hydrogens (tertiary/aromatic N) is 2. The third-order valence-corrected chi connectivity index (χ3v) is 4.00. The van der Waals surface area contributed by atoms with Crippen LogP contribution >= 0.6 is 23.2 Å². The van der Waals surface area contributed by atoms with Gasteiger partial charge in [-0.2, -0.15) is 5.06 Å². The maximum absolute atomic E-state index is 6.12. The molecule has 1 fully saturated rings. The summed E-state index contributed by atoms with van der Waals surface area (Å²) >= 11 is 12.2. The van der Waals surface area contributed by atoms with E-state index in [1.165, 1.54) is 0 Å². The molecule has 0 amide bonds. The van der Waals surface area contributed by atoms with Gasteiger partial charge < -0.3 is 9.57 Å². The maximum Gasteiger partial charge on any atom is 0.0650 e. The van der Waals surface area contributed by atoms with Crippen molar-refractivity contribution in [2.24, 2.45) is 5.92 Å². The quantitative estimate of drug-likeness (QED) is 0.783. The Hall–Kier alpha value is -0.390. The molecule has 0 atom stereocenters. The van der Waals surface area contributed by atoms with Crippen LogP contribution < -0.4 is 0 Å². The normalized spacial score (nSPS) is 17.1. The molecule has 1 aliphatic rings. The summed E-state index contributed by atoms with van der Waals surface area (Å²) in [7, 11) is 1.67. The van der Waals surface area contributed by atoms with Crippen molar-refractivity contribution in [1.82, 2.24) is 10.0 Å². The van der Waals surface area contributed by atoms with Gasteiger partial charge in [0, 0.05) is 37.7 Å². The smallest absolute Gasteiger partial charge is 0.0650 e. The van der Waals surface area contributed by atoms with Gasteiger partial charge in [0.15, 0.2) is 0 Å². The molecule has 0 N–H and O–H groups in total. The number of pyridine rings is 1. The number of hydroxylamine groups is 2. The number of hydrogen-bond donors (Lipinski definition) is 0. The Balaban J connectivity index is 1.98. The highest BCUT2D eigenvalue weighted by atomic mass is 35.5. The van der Waals surface area contributed by atoms with Gasteiger partial charge in [0.2, 0.25) is 0 Å². The van der Waals surface area contributed by atoms with E-state index >= 15 is 0 Å². The predicted molar refractivity (Wildman–Crippen MR) is 75.2 cm³/mol. The largest absolute Gasteiger partial charge is 0.381 e. The summed E-state index contributed by atoms with van der Waals surface area (Å²) in [6.07, 6.45) is 5.34. The van der Waals surface area contributed by atoms with Gasteiger partial charge in [0.25, 0.3) is 0 Å². The van der Waals surface area contributed by atoms with Crippen molar-refractivity contribution in [1.29, 1.82) is 0 Å². The highest BCUT2D eigenvalue weighted by Crippen LogP contribution is 2.25. The molecule has 1 aromatic rings. The summed E-state index contributed by atoms with van der Waals surface area (Å²) in [6.45, 7) is 3.08. The minimum absolute atomic E-state index is 0.564. The third kappa shape index (κ3) is 4.29. The van der Waals surface area contributed by atoms with Crippen molar-refractivity contribution in [3.8, 4) is 0 Å². The van der Waals surface area contributed by atoms with Gasteiger partial charge in [-0.05, 0) is 18.8 Å². The number of ether oxygens (including phenoxy) is 1. The van der Waals surface area contributed by atoms with E-state index in [0.717, 1.165) is 38.2 Å². The van der Waals surface area contributed by atoms with Crippen molar-refractivity contribution in [3.63, 3.8) is 0 Å². The second-order valence-electron chi connectivity index (χ2n) is 4.64. The standard InChI is InChI=1S/C13H18Cl2N2O2/c1-18-17(8-10-2-4-19-5-3-10)9-11-12(14)6-16-7-13(11)15/h6-7,10H,2-5,8-9H2,1H3. The lowest BCUT2D eigenvalue weighted by Crippen LogP contribution is -2.31. The molecule has 0 saturated carbocycles. The second kappa shape index (κ2) is 7.41. The fourth-order valence-electron chi connectivity index (χ4n) is 2.19. The Kier molecular flexibility index (Phi) is 5.85. The van der Waals surface area contributed by atoms with Crippen LogP contribution in [0.3, 0.4) is 0 Å². The number of halogens is 2. The highest BCUT2D eigenvalue weighted by molar-refractivity contribution is 6.35. The molecule has 0 aromatic carbocycles. The number of rotatable bonds is 5. The molecule has 0 bridgehead atoms. The molecule has 6 heteroatoms. The number of aromatic nitrogens is 1. The van der Waals surface area contributed by atoms with Crippen molar-refractivity contribution >= 4 is 23.2 Å². The van der Waals surface area contributed by atoms with Crippen LogP contribution in [0.15, 0.2) is 12.4 Å². The summed E-state index contributed by atoms with van der Waals surface area (Å²) in [4.78, 5) is 9.38. The lowest BCUT2D eigenvalue weighted by atomic mass is 10.0. The van der Waals surface area contributed by atoms with E-state index in [1.807, 2.05) is 5.06 Å². The van der Waals surface area contributed by atoms with Crippen LogP contribution in [0.4, 0.5) is 0 Å². The molecule has 1 saturated heterocycles. The molecule has 0 unspecified atom stereocenters. The van der Waals surface area contributed by atoms with Crippen LogP contribution in [0.1, 0.15) is 18.4 Å². The molecule has 4 nitrogen and oxygen atoms in total. The average Bonchev–Trinajstić information content (AvgIpc) is 2.43. The van der Waals surface area contributed by atoms with E-state index in [-0.39, 0.29) is 0 Å². The maximum atomic E-state index is 6.12. The van der Waals surface area contributed by atoms with Crippen LogP contribution in [0.5, 0.6) is 0 Å². The summed E-state index contributed by atoms with van der Waals surface area (Å²) in [6, 6.07) is 0. The van der Waals surface area contributed by atoms with Crippen molar-refractivity contribution < 1.29 is 9.57 Å². The fraction of sp³-hybridized carbons (Fsp3) is 0.615. The topological polar surface area (TPSA) is 34.6 Å². The zero-order valence-electron chi connectivity index (χ0n) is 10.9. The molecule has 106 valence electrons. The summed E-state index contributed by atoms with van der Waals surface area (Å²) in [5.74, 6) is 0.591. The second-order valence-corrected chi connectivity index (χ2v) is 5.46. The lowest BCUT2D eigenvalue weighted by Gasteiger charge is -2.28. The van der Waals surface area contributed by atoms with Crippen LogP contribution in [0.2, 0.25) is 10.0 Å². The first-order chi connectivity index (χ1) is 9.20. The fourth-order valence-corrected chi connectivity index (χ4v) is 2.67. The first kappa shape index (κ1) is 15.0. The lowest BCUT2D eigenvalue weighted by molar-refractivity contribution is -0.152. The van der Waals surface area contributed by atoms with Gasteiger partial charge >= 0.3 is 0 Å². The minimum Gasteiger partial charge on any atom is -0.381 e. The number of hydrogen-bond acceptors (Lipinski definition) is 4. The first-order valence-corrected chi connectivity index (χ1v) is 7.11. The minimum atomic E-state index is 0.564. The van der Waals surface area contributed by atoms with Crippen molar-refractivity contribution in [2.45, 2.75) is 19.4 Å². The molecule has 1 aliphatic heterocycles. The molecular formula is C13H18Cl2N2O2. The SMILES string of the molecule is CON(Cc1c(Cl)cncc1Cl)CC1CCOCC1. The van der Waals surface area contributed by atoms with E-state index in [0.29, 0.717) is 22.5 Å². The molecule has 19 heavy (non-hydrogen) atoms. The third-order valence-electron chi connectivity index (χ3n) is 3.35.